The van der Waals surface area contributed by atoms with Crippen molar-refractivity contribution in [1.82, 2.24) is 15.5 Å². The van der Waals surface area contributed by atoms with E-state index in [1.807, 2.05) is 20.8 Å². The van der Waals surface area contributed by atoms with Crippen LogP contribution in [0.3, 0.4) is 0 Å². The maximum Gasteiger partial charge on any atom is 0.407 e. The number of carbonyl (C=O) groups is 1. The summed E-state index contributed by atoms with van der Waals surface area (Å²) in [5.74, 6) is 0.245. The number of unbranched alkanes of at least 4 members (excludes halogenated alkanes) is 1. The minimum absolute atomic E-state index is 0.245. The maximum atomic E-state index is 11.6. The molecule has 9 nitrogen and oxygen atoms in total. The van der Waals surface area contributed by atoms with Crippen LogP contribution in [0.2, 0.25) is 0 Å². The Morgan fingerprint density at radius 3 is 2.27 bits per heavy atom. The van der Waals surface area contributed by atoms with Crippen LogP contribution in [0.15, 0.2) is 12.0 Å². The molecule has 0 aromatic carbocycles. The quantitative estimate of drug-likeness (QED) is 0.237. The number of alkyl carbamates (subject to hydrolysis) is 1. The zero-order valence-electron chi connectivity index (χ0n) is 16.6. The summed E-state index contributed by atoms with van der Waals surface area (Å²) in [6, 6.07) is 0.263. The number of hydrogen-bond donors (Lipinski definition) is 6. The van der Waals surface area contributed by atoms with Crippen LogP contribution in [0.5, 0.6) is 0 Å². The molecule has 0 aliphatic carbocycles. The number of carbonyl (C=O) groups excluding carboxylic acids is 1. The molecule has 1 atom stereocenters. The Bertz CT molecular complexity index is 400. The topological polar surface area (TPSA) is 158 Å². The van der Waals surface area contributed by atoms with Crippen LogP contribution in [-0.2, 0) is 4.74 Å². The number of hydrogen-bond acceptors (Lipinski definition) is 8. The smallest absolute Gasteiger partial charge is 0.407 e. The van der Waals surface area contributed by atoms with E-state index in [1.165, 1.54) is 0 Å². The van der Waals surface area contributed by atoms with Crippen LogP contribution in [-0.4, -0.2) is 61.9 Å². The van der Waals surface area contributed by atoms with Crippen molar-refractivity contribution in [3.8, 4) is 0 Å². The minimum atomic E-state index is -0.482. The molecule has 0 aromatic rings. The van der Waals surface area contributed by atoms with Gasteiger partial charge in [0.05, 0.1) is 0 Å². The number of rotatable bonds is 13. The lowest BCUT2D eigenvalue weighted by Crippen LogP contribution is -2.46. The van der Waals surface area contributed by atoms with Gasteiger partial charge < -0.3 is 38.3 Å². The van der Waals surface area contributed by atoms with Crippen LogP contribution < -0.4 is 33.6 Å². The number of nitrogens with one attached hydrogen (secondary N) is 2. The van der Waals surface area contributed by atoms with Crippen LogP contribution in [0.25, 0.3) is 0 Å². The molecule has 0 heterocycles. The Morgan fingerprint density at radius 2 is 1.77 bits per heavy atom. The van der Waals surface area contributed by atoms with Crippen LogP contribution in [0.4, 0.5) is 4.79 Å². The summed E-state index contributed by atoms with van der Waals surface area (Å²) in [6.07, 6.45) is 3.98. The summed E-state index contributed by atoms with van der Waals surface area (Å²) in [6.45, 7) is 9.53. The Balaban J connectivity index is 4.35. The second-order valence-corrected chi connectivity index (χ2v) is 7.24. The lowest BCUT2D eigenvalue weighted by molar-refractivity contribution is 0.0526. The molecule has 0 saturated heterocycles. The number of ether oxygens (including phenoxy) is 1. The van der Waals surface area contributed by atoms with Gasteiger partial charge in [-0.2, -0.15) is 0 Å². The standard InChI is InChI=1S/C17H39N7O2/c1-17(2,3)26-16(25)23-9-5-4-6-14(12-22-13-15(20)21)24(10-7-18)11-8-19/h13-14,22H,4-12,18-21H2,1-3H3,(H,23,25)/t14-/m0/s1. The van der Waals surface area contributed by atoms with Crippen molar-refractivity contribution in [2.75, 3.05) is 39.3 Å². The van der Waals surface area contributed by atoms with Gasteiger partial charge in [-0.25, -0.2) is 4.79 Å². The summed E-state index contributed by atoms with van der Waals surface area (Å²) in [4.78, 5) is 13.9. The summed E-state index contributed by atoms with van der Waals surface area (Å²) >= 11 is 0. The Hall–Kier alpha value is -1.71. The largest absolute Gasteiger partial charge is 0.444 e. The molecule has 0 aliphatic rings. The molecule has 10 N–H and O–H groups in total. The molecule has 0 rings (SSSR count). The van der Waals surface area contributed by atoms with Crippen molar-refractivity contribution in [3.63, 3.8) is 0 Å². The Kier molecular flexibility index (Phi) is 12.6. The van der Waals surface area contributed by atoms with Gasteiger partial charge in [0.25, 0.3) is 0 Å². The van der Waals surface area contributed by atoms with Crippen molar-refractivity contribution < 1.29 is 9.53 Å². The summed E-state index contributed by atoms with van der Waals surface area (Å²) in [5.41, 5.74) is 21.9. The lowest BCUT2D eigenvalue weighted by Gasteiger charge is -2.31. The van der Waals surface area contributed by atoms with E-state index in [0.29, 0.717) is 26.2 Å². The van der Waals surface area contributed by atoms with Gasteiger partial charge in [0.1, 0.15) is 11.4 Å². The highest BCUT2D eigenvalue weighted by Gasteiger charge is 2.17. The average molecular weight is 374 g/mol. The zero-order valence-corrected chi connectivity index (χ0v) is 16.6. The highest BCUT2D eigenvalue weighted by atomic mass is 16.6. The Morgan fingerprint density at radius 1 is 1.15 bits per heavy atom. The van der Waals surface area contributed by atoms with E-state index in [0.717, 1.165) is 32.4 Å². The predicted molar refractivity (Wildman–Crippen MR) is 106 cm³/mol. The first-order chi connectivity index (χ1) is 12.2. The summed E-state index contributed by atoms with van der Waals surface area (Å²) in [5, 5.41) is 5.92. The minimum Gasteiger partial charge on any atom is -0.444 e. The number of nitrogens with zero attached hydrogens (tertiary/aromatic N) is 1. The molecule has 0 spiro atoms. The molecule has 154 valence electrons. The van der Waals surface area contributed by atoms with E-state index in [1.54, 1.807) is 6.20 Å². The molecule has 0 radical (unpaired) electrons. The molecule has 0 aliphatic heterocycles. The molecular formula is C17H39N7O2. The third-order valence-corrected chi connectivity index (χ3v) is 3.60. The van der Waals surface area contributed by atoms with E-state index in [-0.39, 0.29) is 18.0 Å². The van der Waals surface area contributed by atoms with Gasteiger partial charge in [0.2, 0.25) is 0 Å². The Labute approximate surface area is 157 Å². The van der Waals surface area contributed by atoms with Gasteiger partial charge in [-0.1, -0.05) is 6.42 Å². The normalized spacial score (nSPS) is 12.5. The molecule has 9 heteroatoms. The monoisotopic (exact) mass is 373 g/mol. The van der Waals surface area contributed by atoms with Gasteiger partial charge in [-0.15, -0.1) is 0 Å². The van der Waals surface area contributed by atoms with Crippen molar-refractivity contribution in [3.05, 3.63) is 12.0 Å². The average Bonchev–Trinajstić information content (AvgIpc) is 2.50. The first kappa shape index (κ1) is 24.3. The highest BCUT2D eigenvalue weighted by Crippen LogP contribution is 2.09. The highest BCUT2D eigenvalue weighted by molar-refractivity contribution is 5.67. The van der Waals surface area contributed by atoms with E-state index in [4.69, 9.17) is 27.7 Å². The SMILES string of the molecule is CC(C)(C)OC(=O)NCCCC[C@@H](CNC=C(N)N)N(CCN)CCN. The summed E-state index contributed by atoms with van der Waals surface area (Å²) < 4.78 is 5.22. The first-order valence-corrected chi connectivity index (χ1v) is 9.25. The molecule has 0 unspecified atom stereocenters. The fraction of sp³-hybridized carbons (Fsp3) is 0.824. The molecule has 0 saturated carbocycles. The van der Waals surface area contributed by atoms with Crippen LogP contribution in [0, 0.1) is 0 Å². The first-order valence-electron chi connectivity index (χ1n) is 9.25. The second-order valence-electron chi connectivity index (χ2n) is 7.24. The fourth-order valence-electron chi connectivity index (χ4n) is 2.54. The molecule has 26 heavy (non-hydrogen) atoms. The third-order valence-electron chi connectivity index (χ3n) is 3.60. The molecule has 0 bridgehead atoms. The van der Waals surface area contributed by atoms with E-state index >= 15 is 0 Å². The second kappa shape index (κ2) is 13.5. The van der Waals surface area contributed by atoms with Gasteiger partial charge in [0.15, 0.2) is 0 Å². The van der Waals surface area contributed by atoms with E-state index in [2.05, 4.69) is 15.5 Å². The van der Waals surface area contributed by atoms with Crippen molar-refractivity contribution in [2.45, 2.75) is 51.7 Å². The predicted octanol–water partition coefficient (Wildman–Crippen LogP) is -0.425. The lowest BCUT2D eigenvalue weighted by atomic mass is 10.1. The summed E-state index contributed by atoms with van der Waals surface area (Å²) in [7, 11) is 0. The van der Waals surface area contributed by atoms with E-state index in [9.17, 15) is 4.79 Å². The van der Waals surface area contributed by atoms with Crippen LogP contribution >= 0.6 is 0 Å². The van der Waals surface area contributed by atoms with Crippen molar-refractivity contribution in [1.29, 1.82) is 0 Å². The number of nitrogens with two attached hydrogens (primary N) is 4. The molecule has 0 aromatic heterocycles. The number of amides is 1. The van der Waals surface area contributed by atoms with Crippen molar-refractivity contribution >= 4 is 6.09 Å². The van der Waals surface area contributed by atoms with Gasteiger partial charge in [-0.05, 0) is 33.6 Å². The third kappa shape index (κ3) is 13.6. The van der Waals surface area contributed by atoms with Crippen LogP contribution in [0.1, 0.15) is 40.0 Å². The fourth-order valence-corrected chi connectivity index (χ4v) is 2.54. The maximum absolute atomic E-state index is 11.6. The van der Waals surface area contributed by atoms with Crippen molar-refractivity contribution in [2.24, 2.45) is 22.9 Å². The van der Waals surface area contributed by atoms with Gasteiger partial charge in [0, 0.05) is 51.5 Å². The molecular weight excluding hydrogens is 334 g/mol. The van der Waals surface area contributed by atoms with E-state index < -0.39 is 5.60 Å². The van der Waals surface area contributed by atoms with Gasteiger partial charge in [-0.3, -0.25) is 4.90 Å². The molecule has 1 amide bonds. The van der Waals surface area contributed by atoms with Gasteiger partial charge >= 0.3 is 6.09 Å². The molecule has 0 fully saturated rings. The zero-order chi connectivity index (χ0) is 20.0.